The predicted octanol–water partition coefficient (Wildman–Crippen LogP) is 2.24. The molecule has 1 heterocycles. The summed E-state index contributed by atoms with van der Waals surface area (Å²) in [5, 5.41) is 12.4. The molecule has 1 rings (SSSR count). The van der Waals surface area contributed by atoms with Gasteiger partial charge in [0.2, 0.25) is 0 Å². The first-order valence-electron chi connectivity index (χ1n) is 7.87. The van der Waals surface area contributed by atoms with Crippen LogP contribution < -0.4 is 5.32 Å². The van der Waals surface area contributed by atoms with E-state index in [0.717, 1.165) is 0 Å². The van der Waals surface area contributed by atoms with E-state index in [4.69, 9.17) is 9.47 Å². The maximum atomic E-state index is 12.0. The fourth-order valence-electron chi connectivity index (χ4n) is 2.54. The number of carbonyl (C=O) groups excluding carboxylic acids is 2. The van der Waals surface area contributed by atoms with E-state index in [1.807, 2.05) is 13.8 Å². The molecule has 22 heavy (non-hydrogen) atoms. The van der Waals surface area contributed by atoms with E-state index in [-0.39, 0.29) is 6.04 Å². The Kier molecular flexibility index (Phi) is 6.23. The fourth-order valence-corrected chi connectivity index (χ4v) is 2.54. The van der Waals surface area contributed by atoms with Crippen molar-refractivity contribution >= 4 is 12.1 Å². The Bertz CT molecular complexity index is 400. The average molecular weight is 315 g/mol. The van der Waals surface area contributed by atoms with Crippen molar-refractivity contribution in [2.75, 3.05) is 0 Å². The number of hydrogen-bond donors (Lipinski definition) is 2. The third-order valence-corrected chi connectivity index (χ3v) is 3.52. The van der Waals surface area contributed by atoms with Gasteiger partial charge in [-0.2, -0.15) is 0 Å². The number of hydrogen-bond acceptors (Lipinski definition) is 5. The second-order valence-corrected chi connectivity index (χ2v) is 7.44. The summed E-state index contributed by atoms with van der Waals surface area (Å²) in [6.45, 7) is 11.0. The molecular weight excluding hydrogens is 286 g/mol. The summed E-state index contributed by atoms with van der Waals surface area (Å²) < 4.78 is 10.6. The highest BCUT2D eigenvalue weighted by Crippen LogP contribution is 2.28. The van der Waals surface area contributed by atoms with E-state index in [1.165, 1.54) is 0 Å². The topological polar surface area (TPSA) is 84.9 Å². The molecule has 0 bridgehead atoms. The van der Waals surface area contributed by atoms with Crippen molar-refractivity contribution in [2.24, 2.45) is 11.8 Å². The minimum Gasteiger partial charge on any atom is -0.460 e. The fraction of sp³-hybridized carbons (Fsp3) is 0.875. The molecule has 128 valence electrons. The van der Waals surface area contributed by atoms with Gasteiger partial charge in [-0.1, -0.05) is 13.8 Å². The Morgan fingerprint density at radius 2 is 2.00 bits per heavy atom. The van der Waals surface area contributed by atoms with E-state index in [1.54, 1.807) is 27.7 Å². The van der Waals surface area contributed by atoms with Gasteiger partial charge in [0.1, 0.15) is 11.7 Å². The number of nitrogens with one attached hydrogen (secondary N) is 1. The van der Waals surface area contributed by atoms with Gasteiger partial charge < -0.3 is 19.9 Å². The van der Waals surface area contributed by atoms with E-state index < -0.39 is 35.8 Å². The van der Waals surface area contributed by atoms with Crippen LogP contribution in [0.25, 0.3) is 0 Å². The highest BCUT2D eigenvalue weighted by atomic mass is 16.6. The summed E-state index contributed by atoms with van der Waals surface area (Å²) in [7, 11) is 0. The van der Waals surface area contributed by atoms with Gasteiger partial charge in [-0.15, -0.1) is 0 Å². The molecule has 6 nitrogen and oxygen atoms in total. The number of alkyl carbamates (subject to hydrolysis) is 1. The van der Waals surface area contributed by atoms with Crippen LogP contribution in [0.3, 0.4) is 0 Å². The van der Waals surface area contributed by atoms with Crippen LogP contribution >= 0.6 is 0 Å². The first kappa shape index (κ1) is 18.7. The van der Waals surface area contributed by atoms with Gasteiger partial charge in [0.15, 0.2) is 0 Å². The monoisotopic (exact) mass is 315 g/mol. The molecule has 0 saturated carbocycles. The van der Waals surface area contributed by atoms with Crippen molar-refractivity contribution in [2.45, 2.75) is 78.2 Å². The lowest BCUT2D eigenvalue weighted by Gasteiger charge is -2.27. The Morgan fingerprint density at radius 1 is 1.41 bits per heavy atom. The largest absolute Gasteiger partial charge is 0.460 e. The zero-order valence-corrected chi connectivity index (χ0v) is 14.4. The van der Waals surface area contributed by atoms with Crippen LogP contribution in [-0.2, 0) is 14.3 Å². The van der Waals surface area contributed by atoms with Gasteiger partial charge in [-0.3, -0.25) is 4.79 Å². The van der Waals surface area contributed by atoms with Gasteiger partial charge >= 0.3 is 12.1 Å². The zero-order chi connectivity index (χ0) is 17.1. The van der Waals surface area contributed by atoms with Crippen LogP contribution in [0, 0.1) is 11.8 Å². The second kappa shape index (κ2) is 7.31. The standard InChI is InChI=1S/C16H29NO5/c1-9(2)7-12(17-15(20)22-16(4,5)6)13-8-11(10(3)18)14(19)21-13/h9-13,18H,7-8H2,1-6H3,(H,17,20)/t10?,11?,12-,13+/m0/s1. The summed E-state index contributed by atoms with van der Waals surface area (Å²) in [4.78, 5) is 23.8. The molecule has 0 aromatic rings. The van der Waals surface area contributed by atoms with Crippen molar-refractivity contribution < 1.29 is 24.2 Å². The van der Waals surface area contributed by atoms with Crippen LogP contribution in [-0.4, -0.2) is 41.0 Å². The first-order valence-corrected chi connectivity index (χ1v) is 7.87. The van der Waals surface area contributed by atoms with E-state index in [0.29, 0.717) is 18.8 Å². The normalized spacial score (nSPS) is 24.8. The molecule has 1 saturated heterocycles. The minimum absolute atomic E-state index is 0.317. The number of amides is 1. The van der Waals surface area contributed by atoms with Crippen molar-refractivity contribution in [1.82, 2.24) is 5.32 Å². The smallest absolute Gasteiger partial charge is 0.408 e. The number of cyclic esters (lactones) is 1. The van der Waals surface area contributed by atoms with Gasteiger partial charge in [-0.25, -0.2) is 4.79 Å². The highest BCUT2D eigenvalue weighted by Gasteiger charge is 2.42. The molecule has 2 unspecified atom stereocenters. The first-order chi connectivity index (χ1) is 9.99. The lowest BCUT2D eigenvalue weighted by molar-refractivity contribution is -0.147. The molecule has 0 radical (unpaired) electrons. The number of rotatable bonds is 5. The summed E-state index contributed by atoms with van der Waals surface area (Å²) in [5.41, 5.74) is -0.582. The molecule has 6 heteroatoms. The van der Waals surface area contributed by atoms with Crippen molar-refractivity contribution in [1.29, 1.82) is 0 Å². The molecule has 0 aliphatic carbocycles. The van der Waals surface area contributed by atoms with Crippen LogP contribution in [0.15, 0.2) is 0 Å². The number of aliphatic hydroxyl groups excluding tert-OH is 1. The van der Waals surface area contributed by atoms with Gasteiger partial charge in [0.25, 0.3) is 0 Å². The lowest BCUT2D eigenvalue weighted by atomic mass is 9.92. The molecular formula is C16H29NO5. The molecule has 1 aliphatic heterocycles. The Balaban J connectivity index is 2.73. The maximum absolute atomic E-state index is 12.0. The SMILES string of the molecule is CC(C)C[C@H](NC(=O)OC(C)(C)C)[C@H]1CC(C(C)O)C(=O)O1. The lowest BCUT2D eigenvalue weighted by Crippen LogP contribution is -2.46. The summed E-state index contributed by atoms with van der Waals surface area (Å²) in [5.74, 6) is -0.607. The quantitative estimate of drug-likeness (QED) is 0.760. The Hall–Kier alpha value is -1.30. The summed E-state index contributed by atoms with van der Waals surface area (Å²) in [6, 6.07) is -0.317. The van der Waals surface area contributed by atoms with E-state index in [9.17, 15) is 14.7 Å². The molecule has 0 aromatic heterocycles. The molecule has 2 N–H and O–H groups in total. The second-order valence-electron chi connectivity index (χ2n) is 7.44. The molecule has 1 amide bonds. The van der Waals surface area contributed by atoms with E-state index >= 15 is 0 Å². The van der Waals surface area contributed by atoms with E-state index in [2.05, 4.69) is 5.32 Å². The number of esters is 1. The molecule has 1 aliphatic rings. The highest BCUT2D eigenvalue weighted by molar-refractivity contribution is 5.75. The van der Waals surface area contributed by atoms with Crippen molar-refractivity contribution in [3.8, 4) is 0 Å². The average Bonchev–Trinajstić information content (AvgIpc) is 2.67. The van der Waals surface area contributed by atoms with Crippen LogP contribution in [0.1, 0.15) is 54.4 Å². The van der Waals surface area contributed by atoms with Gasteiger partial charge in [-0.05, 0) is 40.0 Å². The van der Waals surface area contributed by atoms with Crippen molar-refractivity contribution in [3.05, 3.63) is 0 Å². The molecule has 0 spiro atoms. The minimum atomic E-state index is -0.751. The number of carbonyl (C=O) groups is 2. The summed E-state index contributed by atoms with van der Waals surface area (Å²) >= 11 is 0. The molecule has 0 aromatic carbocycles. The molecule has 4 atom stereocenters. The Morgan fingerprint density at radius 3 is 2.41 bits per heavy atom. The number of aliphatic hydroxyl groups is 1. The molecule has 1 fully saturated rings. The summed E-state index contributed by atoms with van der Waals surface area (Å²) in [6.07, 6.45) is -0.622. The van der Waals surface area contributed by atoms with Crippen LogP contribution in [0.5, 0.6) is 0 Å². The number of ether oxygens (including phenoxy) is 2. The third kappa shape index (κ3) is 5.83. The van der Waals surface area contributed by atoms with Crippen molar-refractivity contribution in [3.63, 3.8) is 0 Å². The van der Waals surface area contributed by atoms with Crippen LogP contribution in [0.2, 0.25) is 0 Å². The van der Waals surface area contributed by atoms with Gasteiger partial charge in [0.05, 0.1) is 18.1 Å². The Labute approximate surface area is 132 Å². The third-order valence-electron chi connectivity index (χ3n) is 3.52. The predicted molar refractivity (Wildman–Crippen MR) is 82.3 cm³/mol. The zero-order valence-electron chi connectivity index (χ0n) is 14.4. The van der Waals surface area contributed by atoms with Crippen LogP contribution in [0.4, 0.5) is 4.79 Å². The maximum Gasteiger partial charge on any atom is 0.408 e. The van der Waals surface area contributed by atoms with Gasteiger partial charge in [0, 0.05) is 6.42 Å².